The van der Waals surface area contributed by atoms with Crippen LogP contribution in [0.5, 0.6) is 0 Å². The molecule has 7 heteroatoms. The van der Waals surface area contributed by atoms with Gasteiger partial charge in [0.2, 0.25) is 0 Å². The van der Waals surface area contributed by atoms with Crippen molar-refractivity contribution in [1.29, 1.82) is 0 Å². The number of fused-ring (bicyclic) bond motifs is 1. The Balaban J connectivity index is 1.62. The maximum atomic E-state index is 13.2. The minimum atomic E-state index is -0.0200. The molecule has 27 heavy (non-hydrogen) atoms. The van der Waals surface area contributed by atoms with Gasteiger partial charge in [-0.1, -0.05) is 41.1 Å². The van der Waals surface area contributed by atoms with E-state index in [1.165, 1.54) is 16.2 Å². The van der Waals surface area contributed by atoms with E-state index in [1.54, 1.807) is 4.90 Å². The van der Waals surface area contributed by atoms with Crippen molar-refractivity contribution in [2.45, 2.75) is 0 Å². The van der Waals surface area contributed by atoms with Crippen molar-refractivity contribution in [1.82, 2.24) is 4.98 Å². The van der Waals surface area contributed by atoms with E-state index < -0.39 is 0 Å². The number of hydrogen-bond acceptors (Lipinski definition) is 4. The largest absolute Gasteiger partial charge is 0.370 e. The zero-order valence-corrected chi connectivity index (χ0v) is 16.4. The van der Waals surface area contributed by atoms with Gasteiger partial charge in [0.25, 0.3) is 5.91 Å². The number of aromatic nitrogens is 1. The van der Waals surface area contributed by atoms with E-state index >= 15 is 0 Å². The summed E-state index contributed by atoms with van der Waals surface area (Å²) in [6.45, 7) is 5.00. The second kappa shape index (κ2) is 8.35. The molecule has 1 amide bonds. The van der Waals surface area contributed by atoms with E-state index in [1.807, 2.05) is 48.5 Å². The highest BCUT2D eigenvalue weighted by Gasteiger charge is 2.24. The lowest BCUT2D eigenvalue weighted by molar-refractivity contribution is -0.906. The number of carbonyl (C=O) groups excluding carboxylic acids is 1. The summed E-state index contributed by atoms with van der Waals surface area (Å²) in [6, 6.07) is 15.0. The topological polar surface area (TPSA) is 46.9 Å². The number of halogens is 1. The molecule has 1 N–H and O–H groups in total. The molecule has 1 saturated heterocycles. The molecule has 1 aliphatic heterocycles. The van der Waals surface area contributed by atoms with Gasteiger partial charge in [-0.25, -0.2) is 4.98 Å². The smallest absolute Gasteiger partial charge is 0.260 e. The van der Waals surface area contributed by atoms with Gasteiger partial charge in [-0.05, 0) is 30.3 Å². The lowest BCUT2D eigenvalue weighted by atomic mass is 10.2. The Morgan fingerprint density at radius 1 is 1.19 bits per heavy atom. The molecule has 2 aromatic carbocycles. The van der Waals surface area contributed by atoms with Gasteiger partial charge in [0.15, 0.2) is 5.13 Å². The van der Waals surface area contributed by atoms with E-state index in [9.17, 15) is 4.79 Å². The number of ether oxygens (including phenoxy) is 1. The van der Waals surface area contributed by atoms with Gasteiger partial charge in [-0.3, -0.25) is 9.69 Å². The number of nitrogens with zero attached hydrogens (tertiary/aromatic N) is 2. The molecule has 0 unspecified atom stereocenters. The van der Waals surface area contributed by atoms with Gasteiger partial charge in [-0.15, -0.1) is 0 Å². The number of rotatable bonds is 5. The van der Waals surface area contributed by atoms with Crippen LogP contribution in [0.3, 0.4) is 0 Å². The molecule has 0 atom stereocenters. The highest BCUT2D eigenvalue weighted by molar-refractivity contribution is 7.22. The second-order valence-corrected chi connectivity index (χ2v) is 7.99. The first kappa shape index (κ1) is 18.4. The van der Waals surface area contributed by atoms with Crippen LogP contribution in [0, 0.1) is 0 Å². The molecule has 1 aromatic heterocycles. The number of carbonyl (C=O) groups is 1. The first-order valence-electron chi connectivity index (χ1n) is 9.05. The van der Waals surface area contributed by atoms with Gasteiger partial charge < -0.3 is 9.64 Å². The van der Waals surface area contributed by atoms with E-state index in [4.69, 9.17) is 21.3 Å². The third-order valence-electron chi connectivity index (χ3n) is 4.72. The standard InChI is InChI=1S/C20H20ClN3O2S/c21-16-6-7-17-18(14-16)27-20(22-17)24(9-8-23-10-12-26-13-11-23)19(25)15-4-2-1-3-5-15/h1-7,14H,8-13H2/p+1. The maximum Gasteiger partial charge on any atom is 0.260 e. The third kappa shape index (κ3) is 4.30. The first-order valence-corrected chi connectivity index (χ1v) is 10.2. The quantitative estimate of drug-likeness (QED) is 0.713. The number of thiazole rings is 1. The van der Waals surface area contributed by atoms with Crippen molar-refractivity contribution in [2.24, 2.45) is 0 Å². The lowest BCUT2D eigenvalue weighted by Crippen LogP contribution is -3.14. The Morgan fingerprint density at radius 3 is 2.74 bits per heavy atom. The highest BCUT2D eigenvalue weighted by atomic mass is 35.5. The zero-order chi connectivity index (χ0) is 18.6. The van der Waals surface area contributed by atoms with E-state index in [0.717, 1.165) is 43.1 Å². The van der Waals surface area contributed by atoms with Crippen LogP contribution >= 0.6 is 22.9 Å². The van der Waals surface area contributed by atoms with Crippen molar-refractivity contribution < 1.29 is 14.4 Å². The minimum Gasteiger partial charge on any atom is -0.370 e. The Morgan fingerprint density at radius 2 is 1.96 bits per heavy atom. The third-order valence-corrected chi connectivity index (χ3v) is 6.00. The Kier molecular flexibility index (Phi) is 5.69. The van der Waals surface area contributed by atoms with Crippen LogP contribution in [0.25, 0.3) is 10.2 Å². The SMILES string of the molecule is O=C(c1ccccc1)N(CC[NH+]1CCOCC1)c1nc2ccc(Cl)cc2s1. The summed E-state index contributed by atoms with van der Waals surface area (Å²) in [4.78, 5) is 21.1. The minimum absolute atomic E-state index is 0.0200. The number of benzene rings is 2. The van der Waals surface area contributed by atoms with Crippen molar-refractivity contribution in [2.75, 3.05) is 44.3 Å². The van der Waals surface area contributed by atoms with Gasteiger partial charge in [0, 0.05) is 10.6 Å². The molecular formula is C20H21ClN3O2S+. The molecule has 0 aliphatic carbocycles. The molecule has 5 nitrogen and oxygen atoms in total. The molecule has 1 aliphatic rings. The fourth-order valence-corrected chi connectivity index (χ4v) is 4.47. The van der Waals surface area contributed by atoms with Crippen molar-refractivity contribution >= 4 is 44.2 Å². The number of morpholine rings is 1. The molecule has 0 spiro atoms. The summed E-state index contributed by atoms with van der Waals surface area (Å²) in [5, 5.41) is 1.39. The van der Waals surface area contributed by atoms with Crippen LogP contribution in [-0.4, -0.2) is 50.3 Å². The molecular weight excluding hydrogens is 382 g/mol. The molecule has 0 saturated carbocycles. The second-order valence-electron chi connectivity index (χ2n) is 6.54. The number of nitrogens with one attached hydrogen (secondary N) is 1. The van der Waals surface area contributed by atoms with Crippen LogP contribution in [0.2, 0.25) is 5.02 Å². The zero-order valence-electron chi connectivity index (χ0n) is 14.9. The van der Waals surface area contributed by atoms with Gasteiger partial charge >= 0.3 is 0 Å². The van der Waals surface area contributed by atoms with Crippen LogP contribution in [0.4, 0.5) is 5.13 Å². The summed E-state index contributed by atoms with van der Waals surface area (Å²) in [5.74, 6) is -0.0200. The normalized spacial score (nSPS) is 15.1. The number of hydrogen-bond donors (Lipinski definition) is 1. The first-order chi connectivity index (χ1) is 13.2. The summed E-state index contributed by atoms with van der Waals surface area (Å²) in [6.07, 6.45) is 0. The van der Waals surface area contributed by atoms with Crippen molar-refractivity contribution in [3.8, 4) is 0 Å². The van der Waals surface area contributed by atoms with Crippen molar-refractivity contribution in [3.05, 3.63) is 59.1 Å². The molecule has 0 radical (unpaired) electrons. The lowest BCUT2D eigenvalue weighted by Gasteiger charge is -2.26. The van der Waals surface area contributed by atoms with Gasteiger partial charge in [0.1, 0.15) is 13.1 Å². The fourth-order valence-electron chi connectivity index (χ4n) is 3.20. The average Bonchev–Trinajstić information content (AvgIpc) is 3.12. The Hall–Kier alpha value is -1.99. The number of amides is 1. The number of quaternary nitrogens is 1. The van der Waals surface area contributed by atoms with Crippen molar-refractivity contribution in [3.63, 3.8) is 0 Å². The van der Waals surface area contributed by atoms with Crippen LogP contribution < -0.4 is 9.80 Å². The summed E-state index contributed by atoms with van der Waals surface area (Å²) < 4.78 is 6.42. The fraction of sp³-hybridized carbons (Fsp3) is 0.300. The molecule has 0 bridgehead atoms. The predicted molar refractivity (Wildman–Crippen MR) is 109 cm³/mol. The average molecular weight is 403 g/mol. The van der Waals surface area contributed by atoms with Crippen LogP contribution in [0.1, 0.15) is 10.4 Å². The molecule has 3 aromatic rings. The van der Waals surface area contributed by atoms with E-state index in [0.29, 0.717) is 22.3 Å². The summed E-state index contributed by atoms with van der Waals surface area (Å²) in [7, 11) is 0. The van der Waals surface area contributed by atoms with Crippen LogP contribution in [-0.2, 0) is 4.74 Å². The van der Waals surface area contributed by atoms with Gasteiger partial charge in [-0.2, -0.15) is 0 Å². The summed E-state index contributed by atoms with van der Waals surface area (Å²) in [5.41, 5.74) is 1.54. The Labute approximate surface area is 167 Å². The molecule has 2 heterocycles. The van der Waals surface area contributed by atoms with E-state index in [2.05, 4.69) is 0 Å². The van der Waals surface area contributed by atoms with E-state index in [-0.39, 0.29) is 5.91 Å². The Bertz CT molecular complexity index is 925. The molecule has 140 valence electrons. The monoisotopic (exact) mass is 402 g/mol. The summed E-state index contributed by atoms with van der Waals surface area (Å²) >= 11 is 7.62. The highest BCUT2D eigenvalue weighted by Crippen LogP contribution is 2.31. The molecule has 4 rings (SSSR count). The van der Waals surface area contributed by atoms with Gasteiger partial charge in [0.05, 0.1) is 36.5 Å². The molecule has 1 fully saturated rings. The predicted octanol–water partition coefficient (Wildman–Crippen LogP) is 2.51. The number of anilines is 1. The maximum absolute atomic E-state index is 13.2. The van der Waals surface area contributed by atoms with Crippen LogP contribution in [0.15, 0.2) is 48.5 Å².